The number of likely N-dealkylation sites (N-methyl/N-ethyl adjacent to an activating group) is 1. The SMILES string of the molecule is CN(C)CC(C)(O)CNc1ccc2nccnc2n1. The van der Waals surface area contributed by atoms with Crippen LogP contribution >= 0.6 is 0 Å². The summed E-state index contributed by atoms with van der Waals surface area (Å²) in [5.41, 5.74) is 0.538. The molecule has 0 aliphatic rings. The monoisotopic (exact) mass is 261 g/mol. The van der Waals surface area contributed by atoms with Crippen LogP contribution in [0.3, 0.4) is 0 Å². The number of aliphatic hydroxyl groups is 1. The van der Waals surface area contributed by atoms with E-state index in [1.807, 2.05) is 31.1 Å². The van der Waals surface area contributed by atoms with E-state index < -0.39 is 5.60 Å². The molecule has 19 heavy (non-hydrogen) atoms. The molecule has 6 nitrogen and oxygen atoms in total. The zero-order chi connectivity index (χ0) is 13.9. The van der Waals surface area contributed by atoms with Gasteiger partial charge < -0.3 is 15.3 Å². The fourth-order valence-corrected chi connectivity index (χ4v) is 1.97. The number of hydrogen-bond donors (Lipinski definition) is 2. The standard InChI is InChI=1S/C13H19N5O/c1-13(19,9-18(2)3)8-16-11-5-4-10-12(17-11)15-7-6-14-10/h4-7,19H,8-9H2,1-3H3,(H,15,16,17). The molecule has 0 bridgehead atoms. The Bertz CT molecular complexity index is 555. The lowest BCUT2D eigenvalue weighted by Crippen LogP contribution is -2.43. The van der Waals surface area contributed by atoms with Crippen LogP contribution in [0.1, 0.15) is 6.92 Å². The average molecular weight is 261 g/mol. The summed E-state index contributed by atoms with van der Waals surface area (Å²) in [6, 6.07) is 3.70. The molecule has 0 aromatic carbocycles. The molecule has 1 unspecified atom stereocenters. The summed E-state index contributed by atoms with van der Waals surface area (Å²) in [4.78, 5) is 14.6. The molecule has 0 radical (unpaired) electrons. The van der Waals surface area contributed by atoms with Crippen molar-refractivity contribution in [2.24, 2.45) is 0 Å². The lowest BCUT2D eigenvalue weighted by Gasteiger charge is -2.27. The smallest absolute Gasteiger partial charge is 0.180 e. The third kappa shape index (κ3) is 3.84. The third-order valence-electron chi connectivity index (χ3n) is 2.64. The van der Waals surface area contributed by atoms with Crippen LogP contribution in [0.25, 0.3) is 11.2 Å². The Labute approximate surface area is 112 Å². The van der Waals surface area contributed by atoms with Gasteiger partial charge in [0.25, 0.3) is 0 Å². The maximum atomic E-state index is 10.2. The minimum absolute atomic E-state index is 0.421. The van der Waals surface area contributed by atoms with E-state index in [0.717, 1.165) is 5.52 Å². The number of anilines is 1. The van der Waals surface area contributed by atoms with Crippen molar-refractivity contribution in [1.29, 1.82) is 0 Å². The van der Waals surface area contributed by atoms with Gasteiger partial charge in [-0.3, -0.25) is 4.98 Å². The number of nitrogens with one attached hydrogen (secondary N) is 1. The first kappa shape index (κ1) is 13.6. The first-order valence-corrected chi connectivity index (χ1v) is 6.15. The summed E-state index contributed by atoms with van der Waals surface area (Å²) in [6.45, 7) is 2.79. The molecular formula is C13H19N5O. The normalized spacial score (nSPS) is 14.6. The molecule has 0 saturated heterocycles. The van der Waals surface area contributed by atoms with Crippen LogP contribution in [-0.2, 0) is 0 Å². The summed E-state index contributed by atoms with van der Waals surface area (Å²) < 4.78 is 0. The van der Waals surface area contributed by atoms with Gasteiger partial charge >= 0.3 is 0 Å². The van der Waals surface area contributed by atoms with Gasteiger partial charge in [-0.2, -0.15) is 0 Å². The molecule has 0 saturated carbocycles. The molecular weight excluding hydrogens is 242 g/mol. The Balaban J connectivity index is 2.05. The van der Waals surface area contributed by atoms with Gasteiger partial charge in [0.15, 0.2) is 5.65 Å². The lowest BCUT2D eigenvalue weighted by atomic mass is 10.1. The van der Waals surface area contributed by atoms with Crippen LogP contribution in [0.2, 0.25) is 0 Å². The first-order chi connectivity index (χ1) is 8.96. The summed E-state index contributed by atoms with van der Waals surface area (Å²) in [7, 11) is 3.86. The number of nitrogens with zero attached hydrogens (tertiary/aromatic N) is 4. The molecule has 2 heterocycles. The molecule has 2 aromatic rings. The summed E-state index contributed by atoms with van der Waals surface area (Å²) in [5.74, 6) is 0.687. The Morgan fingerprint density at radius 2 is 2.00 bits per heavy atom. The second-order valence-corrected chi connectivity index (χ2v) is 5.18. The second-order valence-electron chi connectivity index (χ2n) is 5.18. The van der Waals surface area contributed by atoms with Gasteiger partial charge in [0.05, 0.1) is 5.60 Å². The third-order valence-corrected chi connectivity index (χ3v) is 2.64. The highest BCUT2D eigenvalue weighted by Gasteiger charge is 2.21. The van der Waals surface area contributed by atoms with E-state index in [-0.39, 0.29) is 0 Å². The molecule has 2 rings (SSSR count). The van der Waals surface area contributed by atoms with E-state index in [1.165, 1.54) is 0 Å². The largest absolute Gasteiger partial charge is 0.387 e. The maximum Gasteiger partial charge on any atom is 0.180 e. The highest BCUT2D eigenvalue weighted by molar-refractivity contribution is 5.71. The number of fused-ring (bicyclic) bond motifs is 1. The summed E-state index contributed by atoms with van der Waals surface area (Å²) >= 11 is 0. The van der Waals surface area contributed by atoms with Crippen molar-refractivity contribution in [2.75, 3.05) is 32.5 Å². The van der Waals surface area contributed by atoms with E-state index in [0.29, 0.717) is 24.6 Å². The summed E-state index contributed by atoms with van der Waals surface area (Å²) in [6.07, 6.45) is 3.25. The van der Waals surface area contributed by atoms with Gasteiger partial charge in [-0.1, -0.05) is 0 Å². The van der Waals surface area contributed by atoms with E-state index in [1.54, 1.807) is 19.3 Å². The van der Waals surface area contributed by atoms with Crippen molar-refractivity contribution in [3.8, 4) is 0 Å². The molecule has 0 amide bonds. The van der Waals surface area contributed by atoms with Gasteiger partial charge in [0, 0.05) is 25.5 Å². The van der Waals surface area contributed by atoms with Crippen molar-refractivity contribution in [1.82, 2.24) is 19.9 Å². The first-order valence-electron chi connectivity index (χ1n) is 6.15. The molecule has 1 atom stereocenters. The molecule has 102 valence electrons. The van der Waals surface area contributed by atoms with E-state index in [9.17, 15) is 5.11 Å². The number of aromatic nitrogens is 3. The summed E-state index contributed by atoms with van der Waals surface area (Å²) in [5, 5.41) is 13.3. The Morgan fingerprint density at radius 3 is 2.74 bits per heavy atom. The van der Waals surface area contributed by atoms with Crippen LogP contribution < -0.4 is 5.32 Å². The highest BCUT2D eigenvalue weighted by atomic mass is 16.3. The zero-order valence-corrected chi connectivity index (χ0v) is 11.5. The number of rotatable bonds is 5. The van der Waals surface area contributed by atoms with Crippen molar-refractivity contribution in [3.63, 3.8) is 0 Å². The minimum atomic E-state index is -0.817. The maximum absolute atomic E-state index is 10.2. The zero-order valence-electron chi connectivity index (χ0n) is 11.5. The van der Waals surface area contributed by atoms with Crippen LogP contribution in [0.5, 0.6) is 0 Å². The average Bonchev–Trinajstić information content (AvgIpc) is 2.35. The van der Waals surface area contributed by atoms with Gasteiger partial charge in [-0.15, -0.1) is 0 Å². The van der Waals surface area contributed by atoms with E-state index >= 15 is 0 Å². The number of hydrogen-bond acceptors (Lipinski definition) is 6. The lowest BCUT2D eigenvalue weighted by molar-refractivity contribution is 0.0459. The predicted octanol–water partition coefficient (Wildman–Crippen LogP) is 0.749. The Kier molecular flexibility index (Phi) is 3.92. The van der Waals surface area contributed by atoms with Crippen LogP contribution in [0, 0.1) is 0 Å². The quantitative estimate of drug-likeness (QED) is 0.827. The van der Waals surface area contributed by atoms with Crippen molar-refractivity contribution < 1.29 is 5.11 Å². The van der Waals surface area contributed by atoms with Crippen LogP contribution in [-0.4, -0.2) is 57.7 Å². The fourth-order valence-electron chi connectivity index (χ4n) is 1.97. The molecule has 0 spiro atoms. The van der Waals surface area contributed by atoms with E-state index in [2.05, 4.69) is 20.3 Å². The Hall–Kier alpha value is -1.79. The van der Waals surface area contributed by atoms with E-state index in [4.69, 9.17) is 0 Å². The molecule has 0 aliphatic carbocycles. The molecule has 0 aliphatic heterocycles. The molecule has 2 aromatic heterocycles. The van der Waals surface area contributed by atoms with Crippen molar-refractivity contribution in [2.45, 2.75) is 12.5 Å². The van der Waals surface area contributed by atoms with Gasteiger partial charge in [0.1, 0.15) is 11.3 Å². The predicted molar refractivity (Wildman–Crippen MR) is 75.0 cm³/mol. The highest BCUT2D eigenvalue weighted by Crippen LogP contribution is 2.12. The molecule has 6 heteroatoms. The molecule has 0 fully saturated rings. The van der Waals surface area contributed by atoms with Crippen LogP contribution in [0.15, 0.2) is 24.5 Å². The molecule has 2 N–H and O–H groups in total. The van der Waals surface area contributed by atoms with Gasteiger partial charge in [-0.05, 0) is 33.2 Å². The Morgan fingerprint density at radius 1 is 1.26 bits per heavy atom. The van der Waals surface area contributed by atoms with Crippen molar-refractivity contribution in [3.05, 3.63) is 24.5 Å². The van der Waals surface area contributed by atoms with Gasteiger partial charge in [-0.25, -0.2) is 9.97 Å². The van der Waals surface area contributed by atoms with Crippen molar-refractivity contribution >= 4 is 17.0 Å². The topological polar surface area (TPSA) is 74.2 Å². The second kappa shape index (κ2) is 5.46. The fraction of sp³-hybridized carbons (Fsp3) is 0.462. The minimum Gasteiger partial charge on any atom is -0.387 e. The van der Waals surface area contributed by atoms with Crippen LogP contribution in [0.4, 0.5) is 5.82 Å². The van der Waals surface area contributed by atoms with Gasteiger partial charge in [0.2, 0.25) is 0 Å². The number of pyridine rings is 1.